The summed E-state index contributed by atoms with van der Waals surface area (Å²) in [7, 11) is 0. The van der Waals surface area contributed by atoms with Crippen LogP contribution in [0.3, 0.4) is 0 Å². The van der Waals surface area contributed by atoms with Crippen molar-refractivity contribution in [2.75, 3.05) is 5.43 Å². The molecule has 2 rings (SSSR count). The molecule has 0 aromatic carbocycles. The number of halogens is 1. The zero-order chi connectivity index (χ0) is 12.4. The zero-order valence-corrected chi connectivity index (χ0v) is 12.0. The quantitative estimate of drug-likeness (QED) is 0.673. The highest BCUT2D eigenvalue weighted by Crippen LogP contribution is 2.32. The molecule has 0 saturated carbocycles. The van der Waals surface area contributed by atoms with Gasteiger partial charge in [0.2, 0.25) is 0 Å². The smallest absolute Gasteiger partial charge is 0.173 e. The van der Waals surface area contributed by atoms with Crippen molar-refractivity contribution in [1.82, 2.24) is 9.97 Å². The number of nitrogens with two attached hydrogens (primary N) is 1. The van der Waals surface area contributed by atoms with Gasteiger partial charge in [-0.25, -0.2) is 15.8 Å². The number of anilines is 1. The molecule has 0 aliphatic rings. The molecule has 90 valence electrons. The largest absolute Gasteiger partial charge is 0.308 e. The number of hydrogen-bond donors (Lipinski definition) is 2. The van der Waals surface area contributed by atoms with Crippen molar-refractivity contribution >= 4 is 33.1 Å². The maximum absolute atomic E-state index is 5.43. The Hall–Kier alpha value is -0.980. The van der Waals surface area contributed by atoms with Gasteiger partial charge in [0.25, 0.3) is 0 Å². The van der Waals surface area contributed by atoms with Crippen molar-refractivity contribution in [2.45, 2.75) is 19.8 Å². The van der Waals surface area contributed by atoms with E-state index in [1.54, 1.807) is 11.3 Å². The topological polar surface area (TPSA) is 63.8 Å². The summed E-state index contributed by atoms with van der Waals surface area (Å²) in [6.45, 7) is 4.19. The molecule has 0 aliphatic heterocycles. The summed E-state index contributed by atoms with van der Waals surface area (Å²) in [6.07, 6.45) is 0. The van der Waals surface area contributed by atoms with E-state index in [2.05, 4.69) is 45.2 Å². The van der Waals surface area contributed by atoms with Crippen LogP contribution in [-0.2, 0) is 0 Å². The van der Waals surface area contributed by atoms with Gasteiger partial charge < -0.3 is 5.43 Å². The second kappa shape index (κ2) is 5.12. The molecule has 4 nitrogen and oxygen atoms in total. The Morgan fingerprint density at radius 2 is 2.18 bits per heavy atom. The fourth-order valence-corrected chi connectivity index (χ4v) is 2.87. The summed E-state index contributed by atoms with van der Waals surface area (Å²) in [5.74, 6) is 7.10. The molecular weight excluding hydrogens is 300 g/mol. The van der Waals surface area contributed by atoms with Crippen molar-refractivity contribution < 1.29 is 0 Å². The third-order valence-corrected chi connectivity index (χ3v) is 4.14. The van der Waals surface area contributed by atoms with Crippen LogP contribution in [-0.4, -0.2) is 9.97 Å². The second-order valence-corrected chi connectivity index (χ2v) is 5.67. The van der Waals surface area contributed by atoms with E-state index in [1.165, 1.54) is 0 Å². The predicted octanol–water partition coefficient (Wildman–Crippen LogP) is 3.38. The maximum atomic E-state index is 5.43. The summed E-state index contributed by atoms with van der Waals surface area (Å²) < 4.78 is 1.01. The fourth-order valence-electron chi connectivity index (χ4n) is 1.39. The van der Waals surface area contributed by atoms with Crippen molar-refractivity contribution in [3.05, 3.63) is 27.7 Å². The number of hydrogen-bond acceptors (Lipinski definition) is 5. The molecule has 0 fully saturated rings. The van der Waals surface area contributed by atoms with Crippen LogP contribution in [0, 0.1) is 0 Å². The van der Waals surface area contributed by atoms with Gasteiger partial charge in [0.1, 0.15) is 5.82 Å². The summed E-state index contributed by atoms with van der Waals surface area (Å²) in [6, 6.07) is 3.86. The number of nitrogens with one attached hydrogen (secondary N) is 1. The van der Waals surface area contributed by atoms with Crippen molar-refractivity contribution in [3.63, 3.8) is 0 Å². The number of thiophene rings is 1. The van der Waals surface area contributed by atoms with Crippen LogP contribution in [0.2, 0.25) is 0 Å². The number of nitrogen functional groups attached to an aromatic ring is 1. The van der Waals surface area contributed by atoms with Crippen LogP contribution in [0.25, 0.3) is 10.7 Å². The molecule has 0 amide bonds. The van der Waals surface area contributed by atoms with E-state index in [4.69, 9.17) is 5.84 Å². The molecule has 0 atom stereocenters. The van der Waals surface area contributed by atoms with Gasteiger partial charge in [0.15, 0.2) is 5.82 Å². The van der Waals surface area contributed by atoms with E-state index in [0.717, 1.165) is 15.0 Å². The molecule has 0 bridgehead atoms. The van der Waals surface area contributed by atoms with Crippen LogP contribution < -0.4 is 11.3 Å². The molecule has 0 radical (unpaired) electrons. The van der Waals surface area contributed by atoms with Gasteiger partial charge in [-0.3, -0.25) is 0 Å². The number of rotatable bonds is 3. The highest BCUT2D eigenvalue weighted by Gasteiger charge is 2.12. The Morgan fingerprint density at radius 3 is 2.71 bits per heavy atom. The lowest BCUT2D eigenvalue weighted by atomic mass is 10.1. The molecule has 2 aromatic heterocycles. The Morgan fingerprint density at radius 1 is 1.41 bits per heavy atom. The average Bonchev–Trinajstić information content (AvgIpc) is 2.74. The average molecular weight is 313 g/mol. The highest BCUT2D eigenvalue weighted by atomic mass is 79.9. The van der Waals surface area contributed by atoms with E-state index in [9.17, 15) is 0 Å². The zero-order valence-electron chi connectivity index (χ0n) is 9.57. The lowest BCUT2D eigenvalue weighted by Gasteiger charge is -2.09. The molecule has 0 saturated heterocycles. The maximum Gasteiger partial charge on any atom is 0.173 e. The lowest BCUT2D eigenvalue weighted by Crippen LogP contribution is -2.10. The fraction of sp³-hybridized carbons (Fsp3) is 0.273. The number of aromatic nitrogens is 2. The van der Waals surface area contributed by atoms with Crippen LogP contribution >= 0.6 is 27.3 Å². The minimum absolute atomic E-state index is 0.336. The van der Waals surface area contributed by atoms with E-state index in [1.807, 2.05) is 17.5 Å². The van der Waals surface area contributed by atoms with Crippen molar-refractivity contribution in [2.24, 2.45) is 5.84 Å². The first kappa shape index (κ1) is 12.5. The second-order valence-electron chi connectivity index (χ2n) is 3.90. The molecule has 6 heteroatoms. The van der Waals surface area contributed by atoms with Gasteiger partial charge in [-0.15, -0.1) is 11.3 Å². The summed E-state index contributed by atoms with van der Waals surface area (Å²) in [5.41, 5.74) is 3.56. The Kier molecular flexibility index (Phi) is 3.76. The van der Waals surface area contributed by atoms with Gasteiger partial charge in [-0.2, -0.15) is 0 Å². The van der Waals surface area contributed by atoms with Gasteiger partial charge in [-0.1, -0.05) is 13.8 Å². The Balaban J connectivity index is 2.54. The molecular formula is C11H13BrN4S. The summed E-state index contributed by atoms with van der Waals surface area (Å²) in [5, 5.41) is 2.00. The van der Waals surface area contributed by atoms with E-state index in [0.29, 0.717) is 17.6 Å². The predicted molar refractivity (Wildman–Crippen MR) is 74.9 cm³/mol. The van der Waals surface area contributed by atoms with E-state index < -0.39 is 0 Å². The molecule has 0 spiro atoms. The first-order chi connectivity index (χ1) is 8.11. The van der Waals surface area contributed by atoms with E-state index >= 15 is 0 Å². The minimum atomic E-state index is 0.336. The molecule has 2 aromatic rings. The highest BCUT2D eigenvalue weighted by molar-refractivity contribution is 9.10. The normalized spacial score (nSPS) is 10.9. The standard InChI is InChI=1S/C11H13BrN4S/c1-6(2)8-5-9(16-13)15-11(14-8)10-7(12)3-4-17-10/h3-6H,13H2,1-2H3,(H,14,15,16). The monoisotopic (exact) mass is 312 g/mol. The SMILES string of the molecule is CC(C)c1cc(NN)nc(-c2sccc2Br)n1. The molecule has 17 heavy (non-hydrogen) atoms. The lowest BCUT2D eigenvalue weighted by molar-refractivity contribution is 0.817. The van der Waals surface area contributed by atoms with Crippen LogP contribution in [0.5, 0.6) is 0 Å². The number of hydrazine groups is 1. The molecule has 0 unspecified atom stereocenters. The van der Waals surface area contributed by atoms with E-state index in [-0.39, 0.29) is 0 Å². The minimum Gasteiger partial charge on any atom is -0.308 e. The van der Waals surface area contributed by atoms with Crippen LogP contribution in [0.1, 0.15) is 25.5 Å². The van der Waals surface area contributed by atoms with Crippen molar-refractivity contribution in [3.8, 4) is 10.7 Å². The molecule has 3 N–H and O–H groups in total. The van der Waals surface area contributed by atoms with Gasteiger partial charge in [0, 0.05) is 16.2 Å². The van der Waals surface area contributed by atoms with Gasteiger partial charge in [-0.05, 0) is 33.3 Å². The third-order valence-electron chi connectivity index (χ3n) is 2.31. The number of nitrogens with zero attached hydrogens (tertiary/aromatic N) is 2. The first-order valence-electron chi connectivity index (χ1n) is 5.20. The molecule has 0 aliphatic carbocycles. The first-order valence-corrected chi connectivity index (χ1v) is 6.88. The summed E-state index contributed by atoms with van der Waals surface area (Å²) >= 11 is 5.09. The van der Waals surface area contributed by atoms with Crippen molar-refractivity contribution in [1.29, 1.82) is 0 Å². The Labute approximate surface area is 112 Å². The third kappa shape index (κ3) is 2.65. The van der Waals surface area contributed by atoms with Crippen LogP contribution in [0.15, 0.2) is 22.0 Å². The van der Waals surface area contributed by atoms with Crippen LogP contribution in [0.4, 0.5) is 5.82 Å². The Bertz CT molecular complexity index is 524. The van der Waals surface area contributed by atoms with Gasteiger partial charge in [0.05, 0.1) is 4.88 Å². The summed E-state index contributed by atoms with van der Waals surface area (Å²) in [4.78, 5) is 9.95. The molecule has 2 heterocycles. The van der Waals surface area contributed by atoms with Gasteiger partial charge >= 0.3 is 0 Å².